The number of hydrogen-bond donors (Lipinski definition) is 1. The minimum atomic E-state index is -0.510. The fourth-order valence-corrected chi connectivity index (χ4v) is 4.52. The lowest BCUT2D eigenvalue weighted by atomic mass is 10.0. The molecule has 1 N–H and O–H groups in total. The fourth-order valence-electron chi connectivity index (χ4n) is 4.52. The fraction of sp³-hybridized carbons (Fsp3) is 0.429. The number of ether oxygens (including phenoxy) is 2. The number of hydrogen-bond acceptors (Lipinski definition) is 5. The number of carbonyl (C=O) groups excluding carboxylic acids is 2. The number of piperazine rings is 1. The predicted molar refractivity (Wildman–Crippen MR) is 136 cm³/mol. The number of anilines is 1. The van der Waals surface area contributed by atoms with Gasteiger partial charge in [-0.15, -0.1) is 6.58 Å². The first-order chi connectivity index (χ1) is 16.7. The van der Waals surface area contributed by atoms with Crippen molar-refractivity contribution in [1.82, 2.24) is 10.2 Å². The minimum Gasteiger partial charge on any atom is -0.445 e. The largest absolute Gasteiger partial charge is 0.445 e. The van der Waals surface area contributed by atoms with Gasteiger partial charge in [0, 0.05) is 37.8 Å². The Labute approximate surface area is 207 Å². The first-order valence-corrected chi connectivity index (χ1v) is 12.1. The number of benzene rings is 2. The van der Waals surface area contributed by atoms with Gasteiger partial charge in [-0.1, -0.05) is 48.5 Å². The monoisotopic (exact) mass is 477 g/mol. The van der Waals surface area contributed by atoms with Crippen LogP contribution in [-0.2, 0) is 21.6 Å². The van der Waals surface area contributed by atoms with Gasteiger partial charge < -0.3 is 24.6 Å². The summed E-state index contributed by atoms with van der Waals surface area (Å²) in [6.45, 7) is 12.4. The Morgan fingerprint density at radius 3 is 2.43 bits per heavy atom. The van der Waals surface area contributed by atoms with Crippen molar-refractivity contribution < 1.29 is 19.1 Å². The first kappa shape index (κ1) is 24.6. The van der Waals surface area contributed by atoms with Crippen molar-refractivity contribution in [3.8, 4) is 0 Å². The van der Waals surface area contributed by atoms with Crippen molar-refractivity contribution >= 4 is 17.9 Å². The normalized spacial score (nSPS) is 21.7. The molecule has 35 heavy (non-hydrogen) atoms. The molecular weight excluding hydrogens is 442 g/mol. The van der Waals surface area contributed by atoms with Gasteiger partial charge >= 0.3 is 12.2 Å². The van der Waals surface area contributed by atoms with Crippen LogP contribution < -0.4 is 10.2 Å². The molecule has 2 aromatic carbocycles. The molecule has 2 aromatic rings. The topological polar surface area (TPSA) is 71.1 Å². The summed E-state index contributed by atoms with van der Waals surface area (Å²) in [6.07, 6.45) is 1.97. The SMILES string of the molecule is C=C[C@@H]1CC1(NC(=O)OCc1ccccc1)c1cccc(N2CCN(C(=O)OC(C)(C)C)CC2)c1. The molecule has 2 atom stereocenters. The van der Waals surface area contributed by atoms with Gasteiger partial charge in [-0.3, -0.25) is 0 Å². The van der Waals surface area contributed by atoms with Gasteiger partial charge in [-0.25, -0.2) is 9.59 Å². The maximum atomic E-state index is 12.7. The first-order valence-electron chi connectivity index (χ1n) is 12.1. The second-order valence-corrected chi connectivity index (χ2v) is 10.2. The van der Waals surface area contributed by atoms with E-state index in [1.165, 1.54) is 0 Å². The Morgan fingerprint density at radius 1 is 1.09 bits per heavy atom. The predicted octanol–water partition coefficient (Wildman–Crippen LogP) is 5.07. The van der Waals surface area contributed by atoms with Gasteiger partial charge in [0.05, 0.1) is 5.54 Å². The molecular formula is C28H35N3O4. The standard InChI is InChI=1S/C28H35N3O4/c1-5-22-19-28(22,29-25(32)34-20-21-10-7-6-8-11-21)23-12-9-13-24(18-23)30-14-16-31(17-15-30)26(33)35-27(2,3)4/h5-13,18,22H,1,14-17,19-20H2,2-4H3,(H,29,32)/t22-,28?/m1/s1. The van der Waals surface area contributed by atoms with Crippen molar-refractivity contribution in [2.24, 2.45) is 5.92 Å². The Morgan fingerprint density at radius 2 is 1.80 bits per heavy atom. The number of amides is 2. The van der Waals surface area contributed by atoms with Gasteiger partial charge in [0.2, 0.25) is 0 Å². The average molecular weight is 478 g/mol. The van der Waals surface area contributed by atoms with Crippen molar-refractivity contribution in [2.75, 3.05) is 31.1 Å². The van der Waals surface area contributed by atoms with Crippen molar-refractivity contribution in [1.29, 1.82) is 0 Å². The van der Waals surface area contributed by atoms with E-state index in [0.717, 1.165) is 23.2 Å². The van der Waals surface area contributed by atoms with Crippen LogP contribution in [0.5, 0.6) is 0 Å². The Kier molecular flexibility index (Phi) is 7.05. The molecule has 1 saturated carbocycles. The number of nitrogens with one attached hydrogen (secondary N) is 1. The zero-order chi connectivity index (χ0) is 25.1. The summed E-state index contributed by atoms with van der Waals surface area (Å²) in [5.74, 6) is 0.144. The highest BCUT2D eigenvalue weighted by atomic mass is 16.6. The molecule has 1 saturated heterocycles. The maximum absolute atomic E-state index is 12.7. The van der Waals surface area contributed by atoms with Gasteiger partial charge in [0.25, 0.3) is 0 Å². The van der Waals surface area contributed by atoms with E-state index in [4.69, 9.17) is 9.47 Å². The third kappa shape index (κ3) is 5.96. The van der Waals surface area contributed by atoms with Crippen LogP contribution in [0.15, 0.2) is 67.3 Å². The molecule has 2 amide bonds. The molecule has 7 nitrogen and oxygen atoms in total. The second kappa shape index (κ2) is 10.0. The number of rotatable bonds is 6. The van der Waals surface area contributed by atoms with E-state index in [9.17, 15) is 9.59 Å². The average Bonchev–Trinajstić information content (AvgIpc) is 3.56. The van der Waals surface area contributed by atoms with Crippen LogP contribution in [0.4, 0.5) is 15.3 Å². The highest BCUT2D eigenvalue weighted by Crippen LogP contribution is 2.53. The van der Waals surface area contributed by atoms with Crippen LogP contribution >= 0.6 is 0 Å². The quantitative estimate of drug-likeness (QED) is 0.588. The van der Waals surface area contributed by atoms with E-state index in [-0.39, 0.29) is 18.6 Å². The lowest BCUT2D eigenvalue weighted by Gasteiger charge is -2.37. The summed E-state index contributed by atoms with van der Waals surface area (Å²) in [4.78, 5) is 29.1. The molecule has 0 aromatic heterocycles. The second-order valence-electron chi connectivity index (χ2n) is 10.2. The van der Waals surface area contributed by atoms with E-state index >= 15 is 0 Å². The summed E-state index contributed by atoms with van der Waals surface area (Å²) >= 11 is 0. The van der Waals surface area contributed by atoms with Gasteiger partial charge in [0.15, 0.2) is 0 Å². The Hall–Kier alpha value is -3.48. The van der Waals surface area contributed by atoms with Crippen LogP contribution in [0.1, 0.15) is 38.3 Å². The minimum absolute atomic E-state index is 0.144. The molecule has 2 aliphatic rings. The van der Waals surface area contributed by atoms with E-state index in [1.54, 1.807) is 4.90 Å². The molecule has 2 fully saturated rings. The molecule has 0 radical (unpaired) electrons. The summed E-state index contributed by atoms with van der Waals surface area (Å²) in [6, 6.07) is 17.9. The van der Waals surface area contributed by atoms with Crippen LogP contribution in [0.2, 0.25) is 0 Å². The Bertz CT molecular complexity index is 1060. The summed E-state index contributed by atoms with van der Waals surface area (Å²) < 4.78 is 11.0. The third-order valence-electron chi connectivity index (χ3n) is 6.49. The highest BCUT2D eigenvalue weighted by molar-refractivity contribution is 5.71. The van der Waals surface area contributed by atoms with Crippen LogP contribution in [-0.4, -0.2) is 48.9 Å². The van der Waals surface area contributed by atoms with Crippen molar-refractivity contribution in [2.45, 2.75) is 44.9 Å². The van der Waals surface area contributed by atoms with E-state index in [1.807, 2.05) is 69.3 Å². The van der Waals surface area contributed by atoms with E-state index in [0.29, 0.717) is 26.2 Å². The number of nitrogens with zero attached hydrogens (tertiary/aromatic N) is 2. The van der Waals surface area contributed by atoms with Crippen molar-refractivity contribution in [3.63, 3.8) is 0 Å². The zero-order valence-corrected chi connectivity index (χ0v) is 20.8. The smallest absolute Gasteiger partial charge is 0.410 e. The van der Waals surface area contributed by atoms with Gasteiger partial charge in [-0.05, 0) is 50.5 Å². The van der Waals surface area contributed by atoms with Crippen LogP contribution in [0, 0.1) is 5.92 Å². The van der Waals surface area contributed by atoms with Gasteiger partial charge in [0.1, 0.15) is 12.2 Å². The molecule has 1 aliphatic carbocycles. The third-order valence-corrected chi connectivity index (χ3v) is 6.49. The molecule has 7 heteroatoms. The highest BCUT2D eigenvalue weighted by Gasteiger charge is 2.55. The molecule has 0 spiro atoms. The van der Waals surface area contributed by atoms with Crippen LogP contribution in [0.3, 0.4) is 0 Å². The molecule has 4 rings (SSSR count). The van der Waals surface area contributed by atoms with Gasteiger partial charge in [-0.2, -0.15) is 0 Å². The summed E-state index contributed by atoms with van der Waals surface area (Å²) in [5, 5.41) is 3.11. The molecule has 1 unspecified atom stereocenters. The summed E-state index contributed by atoms with van der Waals surface area (Å²) in [7, 11) is 0. The van der Waals surface area contributed by atoms with Crippen LogP contribution in [0.25, 0.3) is 0 Å². The maximum Gasteiger partial charge on any atom is 0.410 e. The summed E-state index contributed by atoms with van der Waals surface area (Å²) in [5.41, 5.74) is 2.04. The lowest BCUT2D eigenvalue weighted by Crippen LogP contribution is -2.50. The number of alkyl carbamates (subject to hydrolysis) is 1. The van der Waals surface area contributed by atoms with Crippen molar-refractivity contribution in [3.05, 3.63) is 78.4 Å². The Balaban J connectivity index is 1.40. The zero-order valence-electron chi connectivity index (χ0n) is 20.8. The van der Waals surface area contributed by atoms with E-state index in [2.05, 4.69) is 28.9 Å². The molecule has 1 heterocycles. The number of carbonyl (C=O) groups is 2. The molecule has 0 bridgehead atoms. The lowest BCUT2D eigenvalue weighted by molar-refractivity contribution is 0.0240. The van der Waals surface area contributed by atoms with E-state index < -0.39 is 17.2 Å². The molecule has 1 aliphatic heterocycles. The molecule has 186 valence electrons.